The van der Waals surface area contributed by atoms with Gasteiger partial charge in [0.25, 0.3) is 0 Å². The molecule has 30 heavy (non-hydrogen) atoms. The van der Waals surface area contributed by atoms with Gasteiger partial charge in [0.05, 0.1) is 29.9 Å². The maximum atomic E-state index is 13.2. The molecule has 1 atom stereocenters. The van der Waals surface area contributed by atoms with Gasteiger partial charge in [0, 0.05) is 31.1 Å². The van der Waals surface area contributed by atoms with E-state index in [9.17, 15) is 9.59 Å². The summed E-state index contributed by atoms with van der Waals surface area (Å²) in [5.41, 5.74) is 3.02. The van der Waals surface area contributed by atoms with Gasteiger partial charge < -0.3 is 9.64 Å². The van der Waals surface area contributed by atoms with E-state index in [0.717, 1.165) is 17.1 Å². The highest BCUT2D eigenvalue weighted by molar-refractivity contribution is 8.00. The molecule has 2 aliphatic heterocycles. The average Bonchev–Trinajstić information content (AvgIpc) is 3.32. The summed E-state index contributed by atoms with van der Waals surface area (Å²) in [6.07, 6.45) is 0. The van der Waals surface area contributed by atoms with Crippen molar-refractivity contribution in [2.45, 2.75) is 31.4 Å². The number of nitrogens with zero attached hydrogens (tertiary/aromatic N) is 4. The number of fused-ring (bicyclic) bond motifs is 1. The van der Waals surface area contributed by atoms with E-state index in [1.807, 2.05) is 7.05 Å². The third-order valence-electron chi connectivity index (χ3n) is 5.46. The lowest BCUT2D eigenvalue weighted by Crippen LogP contribution is -2.48. The molecule has 2 aromatic heterocycles. The molecule has 0 bridgehead atoms. The molecule has 4 heterocycles. The molecule has 7 nitrogen and oxygen atoms in total. The van der Waals surface area contributed by atoms with Gasteiger partial charge in [-0.15, -0.1) is 11.8 Å². The van der Waals surface area contributed by atoms with Crippen molar-refractivity contribution in [3.05, 3.63) is 33.6 Å². The van der Waals surface area contributed by atoms with Gasteiger partial charge in [-0.2, -0.15) is 16.4 Å². The van der Waals surface area contributed by atoms with Crippen molar-refractivity contribution in [2.75, 3.05) is 43.5 Å². The highest BCUT2D eigenvalue weighted by Crippen LogP contribution is 2.47. The van der Waals surface area contributed by atoms with E-state index in [0.29, 0.717) is 32.1 Å². The molecule has 162 valence electrons. The topological polar surface area (TPSA) is 67.7 Å². The molecule has 1 unspecified atom stereocenters. The summed E-state index contributed by atoms with van der Waals surface area (Å²) < 4.78 is 7.15. The lowest BCUT2D eigenvalue weighted by molar-refractivity contribution is -0.134. The van der Waals surface area contributed by atoms with Gasteiger partial charge >= 0.3 is 0 Å². The minimum atomic E-state index is -0.187. The molecule has 0 radical (unpaired) electrons. The fourth-order valence-electron chi connectivity index (χ4n) is 3.98. The molecular formula is C21H28N4O3S2. The van der Waals surface area contributed by atoms with Crippen LogP contribution in [0.5, 0.6) is 0 Å². The van der Waals surface area contributed by atoms with Crippen LogP contribution in [0.2, 0.25) is 0 Å². The number of aryl methyl sites for hydroxylation is 1. The van der Waals surface area contributed by atoms with E-state index in [1.54, 1.807) is 37.6 Å². The molecule has 0 spiro atoms. The normalized spacial score (nSPS) is 20.3. The summed E-state index contributed by atoms with van der Waals surface area (Å²) in [4.78, 5) is 29.6. The van der Waals surface area contributed by atoms with Crippen LogP contribution in [-0.2, 0) is 26.8 Å². The van der Waals surface area contributed by atoms with Crippen molar-refractivity contribution in [3.63, 3.8) is 0 Å². The fraction of sp³-hybridized carbons (Fsp3) is 0.571. The molecule has 2 amide bonds. The molecule has 0 aliphatic carbocycles. The van der Waals surface area contributed by atoms with Crippen LogP contribution in [0.1, 0.15) is 42.8 Å². The van der Waals surface area contributed by atoms with E-state index in [-0.39, 0.29) is 29.0 Å². The Morgan fingerprint density at radius 1 is 1.30 bits per heavy atom. The lowest BCUT2D eigenvalue weighted by Gasteiger charge is -2.30. The highest BCUT2D eigenvalue weighted by atomic mass is 32.2. The molecule has 2 aliphatic rings. The van der Waals surface area contributed by atoms with Gasteiger partial charge in [0.1, 0.15) is 12.4 Å². The van der Waals surface area contributed by atoms with E-state index >= 15 is 0 Å². The second-order valence-corrected chi connectivity index (χ2v) is 10.6. The first-order valence-corrected chi connectivity index (χ1v) is 12.1. The van der Waals surface area contributed by atoms with Crippen molar-refractivity contribution < 1.29 is 14.3 Å². The Kier molecular flexibility index (Phi) is 5.96. The first kappa shape index (κ1) is 21.4. The van der Waals surface area contributed by atoms with Gasteiger partial charge in [-0.3, -0.25) is 19.2 Å². The van der Waals surface area contributed by atoms with Crippen molar-refractivity contribution in [3.8, 4) is 0 Å². The molecule has 1 saturated heterocycles. The van der Waals surface area contributed by atoms with Crippen molar-refractivity contribution in [1.29, 1.82) is 0 Å². The van der Waals surface area contributed by atoms with Crippen LogP contribution < -0.4 is 4.90 Å². The van der Waals surface area contributed by atoms with E-state index < -0.39 is 0 Å². The highest BCUT2D eigenvalue weighted by Gasteiger charge is 2.39. The van der Waals surface area contributed by atoms with E-state index in [1.165, 1.54) is 5.56 Å². The van der Waals surface area contributed by atoms with Crippen LogP contribution in [0.15, 0.2) is 16.8 Å². The number of hydrogen-bond acceptors (Lipinski definition) is 6. The summed E-state index contributed by atoms with van der Waals surface area (Å²) in [5.74, 6) is 0.974. The summed E-state index contributed by atoms with van der Waals surface area (Å²) in [6.45, 7) is 8.67. The average molecular weight is 449 g/mol. The smallest absolute Gasteiger partial charge is 0.242 e. The standard InChI is InChI=1S/C21H28N4O3S2/c1-21(2,3)19-17-18(14-5-10-29-12-14)30-13-16(27)25(20(17)23(4)22-19)11-15(26)24-6-8-28-9-7-24/h5,10,12,18H,6-9,11,13H2,1-4H3. The number of carbonyl (C=O) groups excluding carboxylic acids is 2. The third-order valence-corrected chi connectivity index (χ3v) is 7.41. The quantitative estimate of drug-likeness (QED) is 0.722. The maximum absolute atomic E-state index is 13.2. The number of amides is 2. The fourth-order valence-corrected chi connectivity index (χ4v) is 5.94. The van der Waals surface area contributed by atoms with Crippen LogP contribution in [0, 0.1) is 0 Å². The summed E-state index contributed by atoms with van der Waals surface area (Å²) in [5, 5.41) is 9.06. The Bertz CT molecular complexity index is 927. The molecule has 0 aromatic carbocycles. The number of aromatic nitrogens is 2. The zero-order chi connectivity index (χ0) is 21.5. The predicted octanol–water partition coefficient (Wildman–Crippen LogP) is 2.81. The Labute approximate surface area is 185 Å². The first-order chi connectivity index (χ1) is 14.3. The number of hydrogen-bond donors (Lipinski definition) is 0. The van der Waals surface area contributed by atoms with Gasteiger partial charge in [-0.1, -0.05) is 20.8 Å². The first-order valence-electron chi connectivity index (χ1n) is 10.1. The van der Waals surface area contributed by atoms with Crippen LogP contribution in [-0.4, -0.2) is 65.1 Å². The Morgan fingerprint density at radius 3 is 2.67 bits per heavy atom. The number of thiophene rings is 1. The minimum Gasteiger partial charge on any atom is -0.378 e. The van der Waals surface area contributed by atoms with Crippen LogP contribution >= 0.6 is 23.1 Å². The Morgan fingerprint density at radius 2 is 2.03 bits per heavy atom. The number of ether oxygens (including phenoxy) is 1. The second kappa shape index (κ2) is 8.36. The van der Waals surface area contributed by atoms with Crippen molar-refractivity contribution in [2.24, 2.45) is 7.05 Å². The SMILES string of the molecule is Cn1nc(C(C)(C)C)c2c1N(CC(=O)N1CCOCC1)C(=O)CSC2c1ccsc1. The Balaban J connectivity index is 1.78. The van der Waals surface area contributed by atoms with E-state index in [2.05, 4.69) is 37.6 Å². The molecule has 0 N–H and O–H groups in total. The summed E-state index contributed by atoms with van der Waals surface area (Å²) in [6, 6.07) is 2.12. The number of carbonyl (C=O) groups is 2. The Hall–Kier alpha value is -1.84. The van der Waals surface area contributed by atoms with Crippen molar-refractivity contribution in [1.82, 2.24) is 14.7 Å². The molecule has 9 heteroatoms. The zero-order valence-electron chi connectivity index (χ0n) is 17.9. The molecule has 0 saturated carbocycles. The number of thioether (sulfide) groups is 1. The van der Waals surface area contributed by atoms with Gasteiger partial charge in [-0.05, 0) is 22.4 Å². The maximum Gasteiger partial charge on any atom is 0.242 e. The van der Waals surface area contributed by atoms with Crippen LogP contribution in [0.25, 0.3) is 0 Å². The molecule has 4 rings (SSSR count). The second-order valence-electron chi connectivity index (χ2n) is 8.68. The summed E-state index contributed by atoms with van der Waals surface area (Å²) in [7, 11) is 1.87. The number of morpholine rings is 1. The molecule has 1 fully saturated rings. The summed E-state index contributed by atoms with van der Waals surface area (Å²) >= 11 is 3.27. The molecule has 2 aromatic rings. The van der Waals surface area contributed by atoms with Crippen LogP contribution in [0.3, 0.4) is 0 Å². The van der Waals surface area contributed by atoms with E-state index in [4.69, 9.17) is 9.84 Å². The number of anilines is 1. The van der Waals surface area contributed by atoms with Gasteiger partial charge in [-0.25, -0.2) is 0 Å². The monoisotopic (exact) mass is 448 g/mol. The van der Waals surface area contributed by atoms with Gasteiger partial charge in [0.15, 0.2) is 0 Å². The van der Waals surface area contributed by atoms with Gasteiger partial charge in [0.2, 0.25) is 11.8 Å². The predicted molar refractivity (Wildman–Crippen MR) is 120 cm³/mol. The number of rotatable bonds is 3. The minimum absolute atomic E-state index is 0.0154. The van der Waals surface area contributed by atoms with Crippen LogP contribution in [0.4, 0.5) is 5.82 Å². The van der Waals surface area contributed by atoms with Crippen molar-refractivity contribution >= 4 is 40.7 Å². The lowest BCUT2D eigenvalue weighted by atomic mass is 9.87. The largest absolute Gasteiger partial charge is 0.378 e. The zero-order valence-corrected chi connectivity index (χ0v) is 19.5. The molecular weight excluding hydrogens is 420 g/mol. The third kappa shape index (κ3) is 4.02.